The summed E-state index contributed by atoms with van der Waals surface area (Å²) in [6.07, 6.45) is 0.603. The van der Waals surface area contributed by atoms with Gasteiger partial charge in [-0.15, -0.1) is 0 Å². The van der Waals surface area contributed by atoms with Gasteiger partial charge in [-0.2, -0.15) is 0 Å². The first-order valence-corrected chi connectivity index (χ1v) is 6.37. The van der Waals surface area contributed by atoms with Crippen molar-refractivity contribution >= 4 is 17.5 Å². The fourth-order valence-corrected chi connectivity index (χ4v) is 1.64. The van der Waals surface area contributed by atoms with Crippen LogP contribution in [0.4, 0.5) is 5.69 Å². The average Bonchev–Trinajstić information content (AvgIpc) is 2.36. The predicted octanol–water partition coefficient (Wildman–Crippen LogP) is 1.11. The smallest absolute Gasteiger partial charge is 0.243 e. The van der Waals surface area contributed by atoms with Crippen molar-refractivity contribution in [3.05, 3.63) is 30.3 Å². The molecule has 0 saturated heterocycles. The number of hydrogen-bond acceptors (Lipinski definition) is 3. The van der Waals surface area contributed by atoms with Crippen molar-refractivity contribution in [2.75, 3.05) is 11.9 Å². The maximum atomic E-state index is 11.6. The van der Waals surface area contributed by atoms with Crippen LogP contribution in [0.2, 0.25) is 0 Å². The molecule has 1 aromatic rings. The molecule has 4 N–H and O–H groups in total. The Morgan fingerprint density at radius 2 is 1.84 bits per heavy atom. The molecule has 0 bridgehead atoms. The van der Waals surface area contributed by atoms with E-state index < -0.39 is 6.04 Å². The zero-order valence-electron chi connectivity index (χ0n) is 11.3. The van der Waals surface area contributed by atoms with Crippen LogP contribution in [-0.2, 0) is 9.59 Å². The molecule has 5 heteroatoms. The van der Waals surface area contributed by atoms with Crippen molar-refractivity contribution in [1.29, 1.82) is 0 Å². The van der Waals surface area contributed by atoms with Gasteiger partial charge in [-0.3, -0.25) is 9.59 Å². The zero-order chi connectivity index (χ0) is 14.3. The lowest BCUT2D eigenvalue weighted by atomic mass is 10.0. The molecule has 19 heavy (non-hydrogen) atoms. The molecule has 1 aromatic carbocycles. The Morgan fingerprint density at radius 1 is 1.21 bits per heavy atom. The van der Waals surface area contributed by atoms with E-state index in [-0.39, 0.29) is 18.4 Å². The fourth-order valence-electron chi connectivity index (χ4n) is 1.64. The first-order chi connectivity index (χ1) is 8.99. The number of amides is 2. The quantitative estimate of drug-likeness (QED) is 0.719. The molecule has 0 fully saturated rings. The van der Waals surface area contributed by atoms with Crippen LogP contribution >= 0.6 is 0 Å². The second-order valence-electron chi connectivity index (χ2n) is 4.87. The minimum Gasteiger partial charge on any atom is -0.346 e. The highest BCUT2D eigenvalue weighted by Crippen LogP contribution is 2.04. The molecule has 1 rings (SSSR count). The van der Waals surface area contributed by atoms with Gasteiger partial charge in [0, 0.05) is 5.69 Å². The molecule has 104 valence electrons. The van der Waals surface area contributed by atoms with Crippen molar-refractivity contribution in [3.8, 4) is 0 Å². The number of rotatable bonds is 6. The van der Waals surface area contributed by atoms with Gasteiger partial charge in [0.2, 0.25) is 11.8 Å². The summed E-state index contributed by atoms with van der Waals surface area (Å²) in [5, 5.41) is 5.21. The van der Waals surface area contributed by atoms with Gasteiger partial charge >= 0.3 is 0 Å². The highest BCUT2D eigenvalue weighted by Gasteiger charge is 2.15. The molecule has 0 aliphatic carbocycles. The zero-order valence-corrected chi connectivity index (χ0v) is 11.3. The van der Waals surface area contributed by atoms with E-state index in [0.717, 1.165) is 0 Å². The van der Waals surface area contributed by atoms with E-state index in [1.807, 2.05) is 32.0 Å². The van der Waals surface area contributed by atoms with Crippen molar-refractivity contribution < 1.29 is 9.59 Å². The highest BCUT2D eigenvalue weighted by molar-refractivity contribution is 5.95. The van der Waals surface area contributed by atoms with Gasteiger partial charge in [-0.05, 0) is 24.5 Å². The minimum absolute atomic E-state index is 0.0699. The Hall–Kier alpha value is -1.88. The van der Waals surface area contributed by atoms with E-state index in [1.165, 1.54) is 0 Å². The van der Waals surface area contributed by atoms with Gasteiger partial charge < -0.3 is 16.4 Å². The number of benzene rings is 1. The summed E-state index contributed by atoms with van der Waals surface area (Å²) in [5.41, 5.74) is 6.42. The van der Waals surface area contributed by atoms with Crippen LogP contribution in [0.25, 0.3) is 0 Å². The molecule has 5 nitrogen and oxygen atoms in total. The number of carbonyl (C=O) groups is 2. The van der Waals surface area contributed by atoms with Gasteiger partial charge in [-0.25, -0.2) is 0 Å². The van der Waals surface area contributed by atoms with Crippen molar-refractivity contribution in [3.63, 3.8) is 0 Å². The topological polar surface area (TPSA) is 84.2 Å². The maximum Gasteiger partial charge on any atom is 0.243 e. The first kappa shape index (κ1) is 15.2. The third kappa shape index (κ3) is 6.01. The molecule has 0 heterocycles. The van der Waals surface area contributed by atoms with Crippen LogP contribution in [-0.4, -0.2) is 24.4 Å². The molecular weight excluding hydrogens is 242 g/mol. The molecular formula is C14H21N3O2. The number of anilines is 1. The molecule has 0 spiro atoms. The van der Waals surface area contributed by atoms with Crippen LogP contribution in [0.1, 0.15) is 20.3 Å². The van der Waals surface area contributed by atoms with Crippen LogP contribution in [0.3, 0.4) is 0 Å². The number of carbonyl (C=O) groups excluding carboxylic acids is 2. The largest absolute Gasteiger partial charge is 0.346 e. The van der Waals surface area contributed by atoms with Crippen LogP contribution in [0.15, 0.2) is 30.3 Å². The second kappa shape index (κ2) is 7.53. The number of nitrogens with two attached hydrogens (primary N) is 1. The Bertz CT molecular complexity index is 418. The second-order valence-corrected chi connectivity index (χ2v) is 4.87. The molecule has 0 aliphatic heterocycles. The number of hydrogen-bond donors (Lipinski definition) is 3. The lowest BCUT2D eigenvalue weighted by Crippen LogP contribution is -2.44. The number of para-hydroxylation sites is 1. The SMILES string of the molecule is CC(C)CC(N)C(=O)NCC(=O)Nc1ccccc1. The maximum absolute atomic E-state index is 11.6. The summed E-state index contributed by atoms with van der Waals surface area (Å²) in [6, 6.07) is 8.51. The summed E-state index contributed by atoms with van der Waals surface area (Å²) >= 11 is 0. The third-order valence-corrected chi connectivity index (χ3v) is 2.54. The van der Waals surface area contributed by atoms with Crippen molar-refractivity contribution in [2.45, 2.75) is 26.3 Å². The summed E-state index contributed by atoms with van der Waals surface area (Å²) in [4.78, 5) is 23.2. The van der Waals surface area contributed by atoms with Gasteiger partial charge in [0.05, 0.1) is 12.6 Å². The molecule has 0 saturated carbocycles. The molecule has 1 atom stereocenters. The molecule has 2 amide bonds. The summed E-state index contributed by atoms with van der Waals surface area (Å²) in [5.74, 6) is -0.216. The summed E-state index contributed by atoms with van der Waals surface area (Å²) < 4.78 is 0. The van der Waals surface area contributed by atoms with Crippen LogP contribution < -0.4 is 16.4 Å². The van der Waals surface area contributed by atoms with Crippen molar-refractivity contribution in [2.24, 2.45) is 11.7 Å². The van der Waals surface area contributed by atoms with Gasteiger partial charge in [0.1, 0.15) is 0 Å². The average molecular weight is 263 g/mol. The van der Waals surface area contributed by atoms with Gasteiger partial charge in [-0.1, -0.05) is 32.0 Å². The molecule has 0 aromatic heterocycles. The van der Waals surface area contributed by atoms with E-state index in [0.29, 0.717) is 18.0 Å². The molecule has 0 aliphatic rings. The number of nitrogens with one attached hydrogen (secondary N) is 2. The Labute approximate surface area is 113 Å². The first-order valence-electron chi connectivity index (χ1n) is 6.37. The van der Waals surface area contributed by atoms with E-state index >= 15 is 0 Å². The monoisotopic (exact) mass is 263 g/mol. The minimum atomic E-state index is -0.565. The summed E-state index contributed by atoms with van der Waals surface area (Å²) in [6.45, 7) is 3.92. The standard InChI is InChI=1S/C14H21N3O2/c1-10(2)8-12(15)14(19)16-9-13(18)17-11-6-4-3-5-7-11/h3-7,10,12H,8-9,15H2,1-2H3,(H,16,19)(H,17,18). The molecule has 0 radical (unpaired) electrons. The van der Waals surface area contributed by atoms with Crippen LogP contribution in [0, 0.1) is 5.92 Å². The Kier molecular flexibility index (Phi) is 6.02. The van der Waals surface area contributed by atoms with Crippen molar-refractivity contribution in [1.82, 2.24) is 5.32 Å². The Morgan fingerprint density at radius 3 is 2.42 bits per heavy atom. The lowest BCUT2D eigenvalue weighted by molar-refractivity contribution is -0.125. The molecule has 1 unspecified atom stereocenters. The predicted molar refractivity (Wildman–Crippen MR) is 75.5 cm³/mol. The summed E-state index contributed by atoms with van der Waals surface area (Å²) in [7, 11) is 0. The fraction of sp³-hybridized carbons (Fsp3) is 0.429. The van der Waals surface area contributed by atoms with Gasteiger partial charge in [0.15, 0.2) is 0 Å². The Balaban J connectivity index is 2.32. The highest BCUT2D eigenvalue weighted by atomic mass is 16.2. The van der Waals surface area contributed by atoms with Crippen LogP contribution in [0.5, 0.6) is 0 Å². The van der Waals surface area contributed by atoms with E-state index in [1.54, 1.807) is 12.1 Å². The van der Waals surface area contributed by atoms with Gasteiger partial charge in [0.25, 0.3) is 0 Å². The van der Waals surface area contributed by atoms with E-state index in [9.17, 15) is 9.59 Å². The van der Waals surface area contributed by atoms with E-state index in [4.69, 9.17) is 5.73 Å². The normalized spacial score (nSPS) is 12.0. The van der Waals surface area contributed by atoms with E-state index in [2.05, 4.69) is 10.6 Å². The lowest BCUT2D eigenvalue weighted by Gasteiger charge is -2.14. The third-order valence-electron chi connectivity index (χ3n) is 2.54.